The van der Waals surface area contributed by atoms with Crippen molar-refractivity contribution in [3.63, 3.8) is 0 Å². The smallest absolute Gasteiger partial charge is 0.119 e. The summed E-state index contributed by atoms with van der Waals surface area (Å²) in [7, 11) is 1.73. The van der Waals surface area contributed by atoms with E-state index in [1.165, 1.54) is 29.7 Å². The number of thioether (sulfide) groups is 1. The molecule has 1 aliphatic heterocycles. The molecule has 2 unspecified atom stereocenters. The van der Waals surface area contributed by atoms with Gasteiger partial charge in [-0.2, -0.15) is 0 Å². The Morgan fingerprint density at radius 1 is 1.28 bits per heavy atom. The molecule has 2 atom stereocenters. The Bertz CT molecular complexity index is 394. The lowest BCUT2D eigenvalue weighted by atomic mass is 10.0. The van der Waals surface area contributed by atoms with Crippen molar-refractivity contribution in [1.29, 1.82) is 0 Å². The van der Waals surface area contributed by atoms with Crippen molar-refractivity contribution in [2.75, 3.05) is 13.7 Å². The monoisotopic (exact) mass is 265 g/mol. The fourth-order valence-electron chi connectivity index (χ4n) is 2.48. The Kier molecular flexibility index (Phi) is 4.95. The van der Waals surface area contributed by atoms with Gasteiger partial charge >= 0.3 is 0 Å². The van der Waals surface area contributed by atoms with Gasteiger partial charge in [-0.25, -0.2) is 0 Å². The average Bonchev–Trinajstić information content (AvgIpc) is 2.73. The summed E-state index contributed by atoms with van der Waals surface area (Å²) in [5.74, 6) is 0.965. The molecule has 1 N–H and O–H groups in total. The molecule has 0 aliphatic carbocycles. The van der Waals surface area contributed by atoms with Crippen LogP contribution in [-0.4, -0.2) is 18.9 Å². The van der Waals surface area contributed by atoms with Crippen molar-refractivity contribution in [3.8, 4) is 5.75 Å². The van der Waals surface area contributed by atoms with Gasteiger partial charge in [0, 0.05) is 16.2 Å². The topological polar surface area (TPSA) is 21.3 Å². The zero-order valence-corrected chi connectivity index (χ0v) is 12.3. The van der Waals surface area contributed by atoms with Crippen LogP contribution in [0.3, 0.4) is 0 Å². The molecule has 0 amide bonds. The van der Waals surface area contributed by atoms with Gasteiger partial charge in [-0.3, -0.25) is 0 Å². The highest BCUT2D eigenvalue weighted by Crippen LogP contribution is 2.47. The molecule has 0 bridgehead atoms. The van der Waals surface area contributed by atoms with E-state index in [0.29, 0.717) is 11.3 Å². The van der Waals surface area contributed by atoms with Crippen LogP contribution in [-0.2, 0) is 0 Å². The van der Waals surface area contributed by atoms with Gasteiger partial charge in [0.1, 0.15) is 5.75 Å². The van der Waals surface area contributed by atoms with Gasteiger partial charge < -0.3 is 10.1 Å². The molecule has 1 aromatic rings. The number of fused-ring (bicyclic) bond motifs is 1. The Labute approximate surface area is 114 Å². The van der Waals surface area contributed by atoms with Gasteiger partial charge in [-0.15, -0.1) is 11.8 Å². The predicted octanol–water partition coefficient (Wildman–Crippen LogP) is 4.01. The molecule has 0 spiro atoms. The molecule has 1 aromatic carbocycles. The van der Waals surface area contributed by atoms with E-state index >= 15 is 0 Å². The molecule has 0 aromatic heterocycles. The number of hydrogen-bond donors (Lipinski definition) is 1. The zero-order chi connectivity index (χ0) is 13.0. The van der Waals surface area contributed by atoms with Gasteiger partial charge in [0.05, 0.1) is 7.11 Å². The van der Waals surface area contributed by atoms with Crippen molar-refractivity contribution in [1.82, 2.24) is 5.32 Å². The fourth-order valence-corrected chi connectivity index (χ4v) is 4.06. The first-order valence-corrected chi connectivity index (χ1v) is 7.76. The van der Waals surface area contributed by atoms with Crippen LogP contribution in [0.1, 0.15) is 44.7 Å². The van der Waals surface area contributed by atoms with Crippen molar-refractivity contribution >= 4 is 11.8 Å². The predicted molar refractivity (Wildman–Crippen MR) is 78.6 cm³/mol. The Morgan fingerprint density at radius 3 is 2.78 bits per heavy atom. The van der Waals surface area contributed by atoms with Crippen LogP contribution in [0.25, 0.3) is 0 Å². The second-order valence-electron chi connectivity index (χ2n) is 4.78. The number of nitrogens with one attached hydrogen (secondary N) is 1. The Balaban J connectivity index is 2.20. The highest BCUT2D eigenvalue weighted by molar-refractivity contribution is 8.00. The first-order chi connectivity index (χ1) is 8.80. The molecular formula is C15H23NOS. The lowest BCUT2D eigenvalue weighted by Gasteiger charge is -2.20. The lowest BCUT2D eigenvalue weighted by Crippen LogP contribution is -2.27. The van der Waals surface area contributed by atoms with Gasteiger partial charge in [-0.1, -0.05) is 26.3 Å². The minimum Gasteiger partial charge on any atom is -0.497 e. The summed E-state index contributed by atoms with van der Waals surface area (Å²) in [4.78, 5) is 1.39. The van der Waals surface area contributed by atoms with E-state index in [1.807, 2.05) is 11.8 Å². The quantitative estimate of drug-likeness (QED) is 0.839. The third kappa shape index (κ3) is 2.83. The van der Waals surface area contributed by atoms with Gasteiger partial charge in [0.2, 0.25) is 0 Å². The molecule has 0 fully saturated rings. The first kappa shape index (κ1) is 13.8. The van der Waals surface area contributed by atoms with Crippen LogP contribution in [0.15, 0.2) is 23.1 Å². The number of methoxy groups -OCH3 is 1. The Morgan fingerprint density at radius 2 is 2.11 bits per heavy atom. The fraction of sp³-hybridized carbons (Fsp3) is 0.600. The SMILES string of the molecule is CCCNC1c2ccc(OC)cc2SC1CCC. The molecule has 100 valence electrons. The molecule has 3 heteroatoms. The molecule has 2 nitrogen and oxygen atoms in total. The van der Waals surface area contributed by atoms with E-state index in [-0.39, 0.29) is 0 Å². The van der Waals surface area contributed by atoms with Gasteiger partial charge in [-0.05, 0) is 37.1 Å². The van der Waals surface area contributed by atoms with E-state index in [2.05, 4.69) is 37.4 Å². The van der Waals surface area contributed by atoms with Crippen molar-refractivity contribution < 1.29 is 4.74 Å². The average molecular weight is 265 g/mol. The third-order valence-electron chi connectivity index (χ3n) is 3.39. The highest BCUT2D eigenvalue weighted by Gasteiger charge is 2.32. The van der Waals surface area contributed by atoms with Crippen LogP contribution in [0.4, 0.5) is 0 Å². The van der Waals surface area contributed by atoms with Gasteiger partial charge in [0.15, 0.2) is 0 Å². The van der Waals surface area contributed by atoms with Crippen LogP contribution in [0.2, 0.25) is 0 Å². The van der Waals surface area contributed by atoms with Crippen LogP contribution in [0, 0.1) is 0 Å². The summed E-state index contributed by atoms with van der Waals surface area (Å²) >= 11 is 2.01. The molecule has 18 heavy (non-hydrogen) atoms. The second kappa shape index (κ2) is 6.48. The van der Waals surface area contributed by atoms with E-state index < -0.39 is 0 Å². The summed E-state index contributed by atoms with van der Waals surface area (Å²) in [5, 5.41) is 4.37. The summed E-state index contributed by atoms with van der Waals surface area (Å²) in [5.41, 5.74) is 1.45. The summed E-state index contributed by atoms with van der Waals surface area (Å²) < 4.78 is 5.32. The van der Waals surface area contributed by atoms with E-state index in [0.717, 1.165) is 12.3 Å². The number of benzene rings is 1. The Hall–Kier alpha value is -0.670. The maximum Gasteiger partial charge on any atom is 0.119 e. The molecular weight excluding hydrogens is 242 g/mol. The minimum absolute atomic E-state index is 0.510. The maximum atomic E-state index is 5.32. The van der Waals surface area contributed by atoms with Crippen molar-refractivity contribution in [2.24, 2.45) is 0 Å². The molecule has 0 radical (unpaired) electrons. The minimum atomic E-state index is 0.510. The number of rotatable bonds is 6. The van der Waals surface area contributed by atoms with E-state index in [9.17, 15) is 0 Å². The first-order valence-electron chi connectivity index (χ1n) is 6.88. The van der Waals surface area contributed by atoms with Crippen molar-refractivity contribution in [3.05, 3.63) is 23.8 Å². The molecule has 0 saturated heterocycles. The van der Waals surface area contributed by atoms with E-state index in [1.54, 1.807) is 7.11 Å². The highest BCUT2D eigenvalue weighted by atomic mass is 32.2. The van der Waals surface area contributed by atoms with Crippen LogP contribution in [0.5, 0.6) is 5.75 Å². The standard InChI is InChI=1S/C15H23NOS/c1-4-6-13-15(16-9-5-2)12-8-7-11(17-3)10-14(12)18-13/h7-8,10,13,15-16H,4-6,9H2,1-3H3. The summed E-state index contributed by atoms with van der Waals surface area (Å²) in [6, 6.07) is 6.99. The normalized spacial score (nSPS) is 21.9. The lowest BCUT2D eigenvalue weighted by molar-refractivity contribution is 0.413. The van der Waals surface area contributed by atoms with Crippen molar-refractivity contribution in [2.45, 2.75) is 49.3 Å². The number of hydrogen-bond acceptors (Lipinski definition) is 3. The maximum absolute atomic E-state index is 5.32. The van der Waals surface area contributed by atoms with Crippen LogP contribution >= 0.6 is 11.8 Å². The molecule has 2 rings (SSSR count). The molecule has 1 heterocycles. The third-order valence-corrected chi connectivity index (χ3v) is 4.81. The summed E-state index contributed by atoms with van der Waals surface area (Å²) in [6.07, 6.45) is 3.70. The zero-order valence-electron chi connectivity index (χ0n) is 11.5. The van der Waals surface area contributed by atoms with E-state index in [4.69, 9.17) is 4.74 Å². The van der Waals surface area contributed by atoms with Gasteiger partial charge in [0.25, 0.3) is 0 Å². The van der Waals surface area contributed by atoms with Crippen LogP contribution < -0.4 is 10.1 Å². The molecule has 0 saturated carbocycles. The second-order valence-corrected chi connectivity index (χ2v) is 6.06. The largest absolute Gasteiger partial charge is 0.497 e. The summed E-state index contributed by atoms with van der Waals surface area (Å²) in [6.45, 7) is 5.58. The molecule has 1 aliphatic rings. The number of ether oxygens (including phenoxy) is 1.